The van der Waals surface area contributed by atoms with E-state index in [2.05, 4.69) is 51.1 Å². The van der Waals surface area contributed by atoms with Gasteiger partial charge in [0.25, 0.3) is 0 Å². The molecule has 0 fully saturated rings. The molecule has 0 aliphatic carbocycles. The molecule has 0 spiro atoms. The molecule has 0 nitrogen and oxygen atoms in total. The molecule has 0 saturated carbocycles. The predicted molar refractivity (Wildman–Crippen MR) is 85.5 cm³/mol. The highest BCUT2D eigenvalue weighted by Gasteiger charge is 2.17. The molecule has 0 aromatic heterocycles. The van der Waals surface area contributed by atoms with Gasteiger partial charge < -0.3 is 0 Å². The quantitative estimate of drug-likeness (QED) is 0.428. The molecule has 0 heterocycles. The Bertz CT molecular complexity index is 301. The van der Waals surface area contributed by atoms with Crippen molar-refractivity contribution in [3.8, 4) is 0 Å². The van der Waals surface area contributed by atoms with Crippen molar-refractivity contribution in [2.75, 3.05) is 0 Å². The molecule has 1 aromatic carbocycles. The standard InChI is InChI=1S/C19H31/c1-4-6-7-8-9-13-16-19(17(3)5-2)18-14-11-10-12-15-18/h10-12,14,17,19H,4-9,13,16H2,1-3H3. The monoisotopic (exact) mass is 259 g/mol. The molecule has 0 aliphatic heterocycles. The van der Waals surface area contributed by atoms with Crippen LogP contribution in [0.3, 0.4) is 0 Å². The Hall–Kier alpha value is -0.780. The molecule has 2 unspecified atom stereocenters. The minimum Gasteiger partial charge on any atom is -0.0654 e. The van der Waals surface area contributed by atoms with Crippen LogP contribution in [-0.2, 0) is 0 Å². The summed E-state index contributed by atoms with van der Waals surface area (Å²) < 4.78 is 0. The van der Waals surface area contributed by atoms with Crippen molar-refractivity contribution in [3.05, 3.63) is 35.9 Å². The van der Waals surface area contributed by atoms with Gasteiger partial charge in [-0.15, -0.1) is 0 Å². The molecule has 1 rings (SSSR count). The van der Waals surface area contributed by atoms with Crippen molar-refractivity contribution in [2.45, 2.75) is 78.1 Å². The maximum Gasteiger partial charge on any atom is -0.0130 e. The number of unbranched alkanes of at least 4 members (excludes halogenated alkanes) is 5. The van der Waals surface area contributed by atoms with Crippen molar-refractivity contribution in [1.82, 2.24) is 0 Å². The van der Waals surface area contributed by atoms with Gasteiger partial charge in [0.2, 0.25) is 0 Å². The molecular formula is C19H31. The van der Waals surface area contributed by atoms with E-state index in [1.807, 2.05) is 0 Å². The summed E-state index contributed by atoms with van der Waals surface area (Å²) in [6, 6.07) is 12.0. The minimum atomic E-state index is 0.706. The maximum atomic E-state index is 3.44. The van der Waals surface area contributed by atoms with E-state index in [-0.39, 0.29) is 0 Å². The van der Waals surface area contributed by atoms with Crippen LogP contribution in [0.4, 0.5) is 0 Å². The van der Waals surface area contributed by atoms with E-state index >= 15 is 0 Å². The maximum absolute atomic E-state index is 3.44. The topological polar surface area (TPSA) is 0 Å². The second-order valence-corrected chi connectivity index (χ2v) is 5.87. The van der Waals surface area contributed by atoms with Gasteiger partial charge in [0.05, 0.1) is 0 Å². The highest BCUT2D eigenvalue weighted by molar-refractivity contribution is 5.18. The van der Waals surface area contributed by atoms with Crippen molar-refractivity contribution in [2.24, 2.45) is 5.92 Å². The summed E-state index contributed by atoms with van der Waals surface area (Å²) in [6.45, 7) is 6.98. The summed E-state index contributed by atoms with van der Waals surface area (Å²) >= 11 is 0. The largest absolute Gasteiger partial charge is 0.0654 e. The number of rotatable bonds is 10. The Morgan fingerprint density at radius 3 is 2.37 bits per heavy atom. The SMILES string of the molecule is CCCCCCCCC(c1[c]cccc1)C(C)CC. The molecule has 1 radical (unpaired) electrons. The van der Waals surface area contributed by atoms with Crippen molar-refractivity contribution in [3.63, 3.8) is 0 Å². The van der Waals surface area contributed by atoms with Crippen molar-refractivity contribution in [1.29, 1.82) is 0 Å². The smallest absolute Gasteiger partial charge is 0.0130 e. The van der Waals surface area contributed by atoms with Gasteiger partial charge >= 0.3 is 0 Å². The normalized spacial score (nSPS) is 14.3. The van der Waals surface area contributed by atoms with Gasteiger partial charge in [-0.1, -0.05) is 90.0 Å². The van der Waals surface area contributed by atoms with Crippen LogP contribution in [-0.4, -0.2) is 0 Å². The van der Waals surface area contributed by atoms with Crippen LogP contribution in [0.1, 0.15) is 83.6 Å². The Morgan fingerprint density at radius 2 is 1.74 bits per heavy atom. The van der Waals surface area contributed by atoms with E-state index in [1.165, 1.54) is 56.9 Å². The minimum absolute atomic E-state index is 0.706. The third-order valence-electron chi connectivity index (χ3n) is 4.33. The van der Waals surface area contributed by atoms with Crippen LogP contribution in [0.5, 0.6) is 0 Å². The van der Waals surface area contributed by atoms with E-state index < -0.39 is 0 Å². The van der Waals surface area contributed by atoms with E-state index in [0.717, 1.165) is 5.92 Å². The second-order valence-electron chi connectivity index (χ2n) is 5.87. The summed E-state index contributed by atoms with van der Waals surface area (Å²) in [5.41, 5.74) is 1.42. The first kappa shape index (κ1) is 16.3. The van der Waals surface area contributed by atoms with Gasteiger partial charge in [0, 0.05) is 0 Å². The van der Waals surface area contributed by atoms with Gasteiger partial charge in [-0.2, -0.15) is 0 Å². The van der Waals surface area contributed by atoms with Crippen LogP contribution in [0.25, 0.3) is 0 Å². The van der Waals surface area contributed by atoms with Crippen molar-refractivity contribution < 1.29 is 0 Å². The molecule has 0 amide bonds. The van der Waals surface area contributed by atoms with Crippen molar-refractivity contribution >= 4 is 0 Å². The zero-order valence-corrected chi connectivity index (χ0v) is 13.1. The van der Waals surface area contributed by atoms with Gasteiger partial charge in [0.1, 0.15) is 0 Å². The number of hydrogen-bond donors (Lipinski definition) is 0. The lowest BCUT2D eigenvalue weighted by Crippen LogP contribution is -2.09. The molecule has 0 saturated heterocycles. The summed E-state index contributed by atoms with van der Waals surface area (Å²) in [6.07, 6.45) is 11.0. The van der Waals surface area contributed by atoms with E-state index in [4.69, 9.17) is 0 Å². The Kier molecular flexibility index (Phi) is 8.62. The first-order chi connectivity index (χ1) is 9.29. The molecule has 0 bridgehead atoms. The molecule has 0 N–H and O–H groups in total. The lowest BCUT2D eigenvalue weighted by molar-refractivity contribution is 0.404. The molecule has 1 aromatic rings. The molecule has 0 heteroatoms. The zero-order valence-electron chi connectivity index (χ0n) is 13.1. The Balaban J connectivity index is 2.39. The van der Waals surface area contributed by atoms with Crippen LogP contribution in [0, 0.1) is 12.0 Å². The summed E-state index contributed by atoms with van der Waals surface area (Å²) in [5, 5.41) is 0. The molecular weight excluding hydrogens is 228 g/mol. The molecule has 107 valence electrons. The third-order valence-corrected chi connectivity index (χ3v) is 4.33. The third kappa shape index (κ3) is 6.27. The Morgan fingerprint density at radius 1 is 1.00 bits per heavy atom. The lowest BCUT2D eigenvalue weighted by Gasteiger charge is -2.23. The predicted octanol–water partition coefficient (Wildman–Crippen LogP) is 6.37. The highest BCUT2D eigenvalue weighted by Crippen LogP contribution is 2.31. The van der Waals surface area contributed by atoms with E-state index in [0.29, 0.717) is 5.92 Å². The first-order valence-electron chi connectivity index (χ1n) is 8.26. The number of hydrogen-bond acceptors (Lipinski definition) is 0. The average Bonchev–Trinajstić information content (AvgIpc) is 2.47. The van der Waals surface area contributed by atoms with Crippen LogP contribution >= 0.6 is 0 Å². The van der Waals surface area contributed by atoms with Gasteiger partial charge in [-0.3, -0.25) is 0 Å². The second kappa shape index (κ2) is 10.1. The average molecular weight is 259 g/mol. The van der Waals surface area contributed by atoms with Gasteiger partial charge in [-0.25, -0.2) is 0 Å². The van der Waals surface area contributed by atoms with Crippen LogP contribution < -0.4 is 0 Å². The summed E-state index contributed by atoms with van der Waals surface area (Å²) in [4.78, 5) is 0. The fraction of sp³-hybridized carbons (Fsp3) is 0.684. The van der Waals surface area contributed by atoms with E-state index in [9.17, 15) is 0 Å². The van der Waals surface area contributed by atoms with Gasteiger partial charge in [0.15, 0.2) is 0 Å². The van der Waals surface area contributed by atoms with Gasteiger partial charge in [-0.05, 0) is 29.9 Å². The molecule has 0 aliphatic rings. The summed E-state index contributed by atoms with van der Waals surface area (Å²) in [7, 11) is 0. The fourth-order valence-corrected chi connectivity index (χ4v) is 2.81. The zero-order chi connectivity index (χ0) is 13.9. The van der Waals surface area contributed by atoms with Crippen LogP contribution in [0.2, 0.25) is 0 Å². The summed E-state index contributed by atoms with van der Waals surface area (Å²) in [5.74, 6) is 1.48. The highest BCUT2D eigenvalue weighted by atomic mass is 14.2. The first-order valence-corrected chi connectivity index (χ1v) is 8.26. The Labute approximate surface area is 120 Å². The molecule has 2 atom stereocenters. The van der Waals surface area contributed by atoms with Crippen LogP contribution in [0.15, 0.2) is 24.3 Å². The fourth-order valence-electron chi connectivity index (χ4n) is 2.81. The lowest BCUT2D eigenvalue weighted by atomic mass is 9.82. The van der Waals surface area contributed by atoms with E-state index in [1.54, 1.807) is 0 Å². The number of benzene rings is 1. The molecule has 19 heavy (non-hydrogen) atoms.